The zero-order valence-corrected chi connectivity index (χ0v) is 14.3. The highest BCUT2D eigenvalue weighted by Gasteiger charge is 2.10. The number of benzene rings is 2. The van der Waals surface area contributed by atoms with Crippen LogP contribution in [0.15, 0.2) is 47.4 Å². The molecule has 0 unspecified atom stereocenters. The lowest BCUT2D eigenvalue weighted by Crippen LogP contribution is -2.21. The second-order valence-corrected chi connectivity index (χ2v) is 6.29. The highest BCUT2D eigenvalue weighted by molar-refractivity contribution is 8.00. The lowest BCUT2D eigenvalue weighted by Gasteiger charge is -2.08. The highest BCUT2D eigenvalue weighted by Crippen LogP contribution is 2.23. The van der Waals surface area contributed by atoms with Gasteiger partial charge < -0.3 is 10.1 Å². The normalized spacial score (nSPS) is 10.3. The molecule has 0 aliphatic carbocycles. The Kier molecular flexibility index (Phi) is 6.37. The van der Waals surface area contributed by atoms with Crippen molar-refractivity contribution in [3.8, 4) is 0 Å². The summed E-state index contributed by atoms with van der Waals surface area (Å²) in [7, 11) is 0. The largest absolute Gasteiger partial charge is 0.455 e. The Bertz CT molecular complexity index is 749. The first-order chi connectivity index (χ1) is 11.4. The van der Waals surface area contributed by atoms with Crippen molar-refractivity contribution in [1.29, 1.82) is 0 Å². The van der Waals surface area contributed by atoms with Crippen LogP contribution in [0.4, 0.5) is 10.1 Å². The molecule has 0 fully saturated rings. The minimum atomic E-state index is -0.509. The van der Waals surface area contributed by atoms with E-state index >= 15 is 0 Å². The van der Waals surface area contributed by atoms with Crippen LogP contribution in [0.5, 0.6) is 0 Å². The van der Waals surface area contributed by atoms with Gasteiger partial charge in [-0.25, -0.2) is 4.39 Å². The van der Waals surface area contributed by atoms with Crippen LogP contribution in [0, 0.1) is 19.7 Å². The Morgan fingerprint density at radius 3 is 2.71 bits per heavy atom. The van der Waals surface area contributed by atoms with Gasteiger partial charge in [0.15, 0.2) is 6.61 Å². The fourth-order valence-corrected chi connectivity index (χ4v) is 2.87. The molecular formula is C18H18FNO3S. The molecule has 1 N–H and O–H groups in total. The molecule has 0 saturated heterocycles. The first-order valence-corrected chi connectivity index (χ1v) is 8.33. The van der Waals surface area contributed by atoms with Crippen molar-refractivity contribution in [2.75, 3.05) is 17.7 Å². The number of amides is 1. The van der Waals surface area contributed by atoms with E-state index in [9.17, 15) is 14.0 Å². The van der Waals surface area contributed by atoms with E-state index in [1.807, 2.05) is 32.0 Å². The maximum absolute atomic E-state index is 13.0. The van der Waals surface area contributed by atoms with E-state index in [2.05, 4.69) is 5.32 Å². The van der Waals surface area contributed by atoms with Crippen molar-refractivity contribution in [1.82, 2.24) is 0 Å². The standard InChI is InChI=1S/C18H18FNO3S/c1-12-6-7-13(2)16(8-12)24-11-18(22)23-10-17(21)20-15-5-3-4-14(19)9-15/h3-9H,10-11H2,1-2H3,(H,20,21). The number of carbonyl (C=O) groups is 2. The van der Waals surface area contributed by atoms with Crippen LogP contribution >= 0.6 is 11.8 Å². The molecule has 0 aromatic heterocycles. The second-order valence-electron chi connectivity index (χ2n) is 5.28. The summed E-state index contributed by atoms with van der Waals surface area (Å²) >= 11 is 1.37. The lowest BCUT2D eigenvalue weighted by atomic mass is 10.2. The molecule has 4 nitrogen and oxygen atoms in total. The van der Waals surface area contributed by atoms with Crippen molar-refractivity contribution in [2.45, 2.75) is 18.7 Å². The molecule has 0 radical (unpaired) electrons. The van der Waals surface area contributed by atoms with E-state index in [1.54, 1.807) is 6.07 Å². The van der Waals surface area contributed by atoms with E-state index in [4.69, 9.17) is 4.74 Å². The Morgan fingerprint density at radius 2 is 1.96 bits per heavy atom. The molecule has 0 aliphatic heterocycles. The molecular weight excluding hydrogens is 329 g/mol. The van der Waals surface area contributed by atoms with Gasteiger partial charge in [0.25, 0.3) is 5.91 Å². The number of nitrogens with one attached hydrogen (secondary N) is 1. The van der Waals surface area contributed by atoms with Crippen LogP contribution in [0.2, 0.25) is 0 Å². The molecule has 0 saturated carbocycles. The molecule has 6 heteroatoms. The van der Waals surface area contributed by atoms with Crippen molar-refractivity contribution in [3.05, 3.63) is 59.4 Å². The third-order valence-electron chi connectivity index (χ3n) is 3.16. The Balaban J connectivity index is 1.76. The van der Waals surface area contributed by atoms with Crippen molar-refractivity contribution in [2.24, 2.45) is 0 Å². The Labute approximate surface area is 144 Å². The van der Waals surface area contributed by atoms with Gasteiger partial charge in [0.2, 0.25) is 0 Å². The van der Waals surface area contributed by atoms with Crippen molar-refractivity contribution >= 4 is 29.3 Å². The van der Waals surface area contributed by atoms with Gasteiger partial charge in [-0.15, -0.1) is 11.8 Å². The number of carbonyl (C=O) groups excluding carboxylic acids is 2. The summed E-state index contributed by atoms with van der Waals surface area (Å²) in [5, 5.41) is 2.47. The van der Waals surface area contributed by atoms with E-state index in [0.29, 0.717) is 5.69 Å². The van der Waals surface area contributed by atoms with E-state index in [1.165, 1.54) is 30.0 Å². The van der Waals surface area contributed by atoms with Crippen LogP contribution in [0.1, 0.15) is 11.1 Å². The number of ether oxygens (including phenoxy) is 1. The summed E-state index contributed by atoms with van der Waals surface area (Å²) in [6.45, 7) is 3.56. The van der Waals surface area contributed by atoms with Gasteiger partial charge >= 0.3 is 5.97 Å². The number of thioether (sulfide) groups is 1. The summed E-state index contributed by atoms with van der Waals surface area (Å²) in [5.41, 5.74) is 2.52. The Hall–Kier alpha value is -2.34. The van der Waals surface area contributed by atoms with Crippen LogP contribution in [0.3, 0.4) is 0 Å². The number of anilines is 1. The van der Waals surface area contributed by atoms with E-state index in [-0.39, 0.29) is 5.75 Å². The van der Waals surface area contributed by atoms with E-state index < -0.39 is 24.3 Å². The summed E-state index contributed by atoms with van der Waals surface area (Å²) in [4.78, 5) is 24.4. The zero-order chi connectivity index (χ0) is 17.5. The first kappa shape index (κ1) is 18.0. The maximum atomic E-state index is 13.0. The molecule has 2 aromatic carbocycles. The van der Waals surface area contributed by atoms with Crippen LogP contribution in [0.25, 0.3) is 0 Å². The number of esters is 1. The van der Waals surface area contributed by atoms with Crippen LogP contribution in [-0.4, -0.2) is 24.2 Å². The maximum Gasteiger partial charge on any atom is 0.316 e. The average molecular weight is 347 g/mol. The molecule has 2 aromatic rings. The van der Waals surface area contributed by atoms with Crippen LogP contribution < -0.4 is 5.32 Å². The van der Waals surface area contributed by atoms with Gasteiger partial charge in [-0.1, -0.05) is 23.8 Å². The first-order valence-electron chi connectivity index (χ1n) is 7.35. The number of hydrogen-bond donors (Lipinski definition) is 1. The van der Waals surface area contributed by atoms with Gasteiger partial charge in [0.05, 0.1) is 5.75 Å². The Morgan fingerprint density at radius 1 is 1.17 bits per heavy atom. The van der Waals surface area contributed by atoms with Gasteiger partial charge in [0.1, 0.15) is 5.82 Å². The molecule has 2 rings (SSSR count). The van der Waals surface area contributed by atoms with Gasteiger partial charge in [0, 0.05) is 10.6 Å². The van der Waals surface area contributed by atoms with Crippen molar-refractivity contribution < 1.29 is 18.7 Å². The fourth-order valence-electron chi connectivity index (χ4n) is 1.95. The van der Waals surface area contributed by atoms with Crippen LogP contribution in [-0.2, 0) is 14.3 Å². The fraction of sp³-hybridized carbons (Fsp3) is 0.222. The molecule has 0 spiro atoms. The molecule has 1 amide bonds. The predicted octanol–water partition coefficient (Wildman–Crippen LogP) is 3.72. The topological polar surface area (TPSA) is 55.4 Å². The van der Waals surface area contributed by atoms with Gasteiger partial charge in [-0.3, -0.25) is 9.59 Å². The average Bonchev–Trinajstić information content (AvgIpc) is 2.54. The number of rotatable bonds is 6. The van der Waals surface area contributed by atoms with Crippen molar-refractivity contribution in [3.63, 3.8) is 0 Å². The quantitative estimate of drug-likeness (QED) is 0.639. The number of halogens is 1. The minimum absolute atomic E-state index is 0.123. The van der Waals surface area contributed by atoms with Gasteiger partial charge in [-0.05, 0) is 43.7 Å². The summed E-state index contributed by atoms with van der Waals surface area (Å²) in [5.74, 6) is -1.31. The molecule has 126 valence electrons. The molecule has 0 bridgehead atoms. The third-order valence-corrected chi connectivity index (χ3v) is 4.29. The third kappa shape index (κ3) is 5.70. The summed E-state index contributed by atoms with van der Waals surface area (Å²) in [6.07, 6.45) is 0. The predicted molar refractivity (Wildman–Crippen MR) is 92.6 cm³/mol. The number of aryl methyl sites for hydroxylation is 2. The summed E-state index contributed by atoms with van der Waals surface area (Å²) < 4.78 is 17.9. The molecule has 0 atom stereocenters. The number of hydrogen-bond acceptors (Lipinski definition) is 4. The van der Waals surface area contributed by atoms with E-state index in [0.717, 1.165) is 16.0 Å². The zero-order valence-electron chi connectivity index (χ0n) is 13.5. The summed E-state index contributed by atoms with van der Waals surface area (Å²) in [6, 6.07) is 11.5. The molecule has 24 heavy (non-hydrogen) atoms. The monoisotopic (exact) mass is 347 g/mol. The lowest BCUT2D eigenvalue weighted by molar-refractivity contribution is -0.144. The smallest absolute Gasteiger partial charge is 0.316 e. The highest BCUT2D eigenvalue weighted by atomic mass is 32.2. The second kappa shape index (κ2) is 8.49. The SMILES string of the molecule is Cc1ccc(C)c(SCC(=O)OCC(=O)Nc2cccc(F)c2)c1. The van der Waals surface area contributed by atoms with Gasteiger partial charge in [-0.2, -0.15) is 0 Å². The molecule has 0 heterocycles. The minimum Gasteiger partial charge on any atom is -0.455 e. The molecule has 0 aliphatic rings.